The summed E-state index contributed by atoms with van der Waals surface area (Å²) in [4.78, 5) is 33.7. The molecule has 0 fully saturated rings. The van der Waals surface area contributed by atoms with Crippen LogP contribution in [0.4, 0.5) is 4.79 Å². The Labute approximate surface area is 169 Å². The number of halogens is 1. The first-order valence-electron chi connectivity index (χ1n) is 8.95. The summed E-state index contributed by atoms with van der Waals surface area (Å²) in [5.41, 5.74) is 1.42. The smallest absolute Gasteiger partial charge is 0.408 e. The molecule has 0 unspecified atom stereocenters. The fraction of sp³-hybridized carbons (Fsp3) is 0.833. The highest BCUT2D eigenvalue weighted by Crippen LogP contribution is 2.12. The van der Waals surface area contributed by atoms with Gasteiger partial charge in [0.15, 0.2) is 0 Å². The molecule has 2 N–H and O–H groups in total. The summed E-state index contributed by atoms with van der Waals surface area (Å²) in [6.45, 7) is 15.3. The van der Waals surface area contributed by atoms with E-state index in [1.165, 1.54) is 0 Å². The molecule has 1 atom stereocenters. The number of rotatable bonds is 8. The number of aliphatic imine (C=N–C) groups is 1. The van der Waals surface area contributed by atoms with Crippen molar-refractivity contribution in [3.8, 4) is 0 Å². The minimum Gasteiger partial charge on any atom is -0.458 e. The molecule has 0 aliphatic carbocycles. The highest BCUT2D eigenvalue weighted by molar-refractivity contribution is 5.85. The summed E-state index contributed by atoms with van der Waals surface area (Å²) in [6.07, 6.45) is 0.329. The number of hydroxylamine groups is 1. The van der Waals surface area contributed by atoms with Gasteiger partial charge in [-0.1, -0.05) is 0 Å². The predicted octanol–water partition coefficient (Wildman–Crippen LogP) is 3.38. The van der Waals surface area contributed by atoms with E-state index in [1.54, 1.807) is 48.5 Å². The van der Waals surface area contributed by atoms with E-state index in [0.29, 0.717) is 31.8 Å². The number of amides is 1. The summed E-state index contributed by atoms with van der Waals surface area (Å²) >= 11 is 0. The SMILES string of the molecule is CCONC(C)=NCCC[C@H](NC(=O)OC(C)(C)C)C(=O)OC(C)(C)C.Cl. The fourth-order valence-corrected chi connectivity index (χ4v) is 1.82. The maximum atomic E-state index is 12.4. The van der Waals surface area contributed by atoms with E-state index in [1.807, 2.05) is 6.92 Å². The Bertz CT molecular complexity index is 484. The van der Waals surface area contributed by atoms with Crippen LogP contribution in [0.2, 0.25) is 0 Å². The second-order valence-electron chi connectivity index (χ2n) is 7.88. The van der Waals surface area contributed by atoms with Crippen molar-refractivity contribution in [1.82, 2.24) is 10.8 Å². The minimum atomic E-state index is -0.792. The molecule has 9 heteroatoms. The lowest BCUT2D eigenvalue weighted by atomic mass is 10.1. The van der Waals surface area contributed by atoms with Crippen LogP contribution in [0, 0.1) is 0 Å². The monoisotopic (exact) mass is 409 g/mol. The molecular formula is C18H36ClN3O5. The number of alkyl carbamates (subject to hydrolysis) is 1. The fourth-order valence-electron chi connectivity index (χ4n) is 1.82. The van der Waals surface area contributed by atoms with E-state index in [-0.39, 0.29) is 12.4 Å². The normalized spacial score (nSPS) is 13.3. The number of carbonyl (C=O) groups excluding carboxylic acids is 2. The van der Waals surface area contributed by atoms with Crippen LogP contribution in [0.5, 0.6) is 0 Å². The van der Waals surface area contributed by atoms with Crippen molar-refractivity contribution in [2.75, 3.05) is 13.2 Å². The van der Waals surface area contributed by atoms with Crippen molar-refractivity contribution in [3.63, 3.8) is 0 Å². The van der Waals surface area contributed by atoms with E-state index in [9.17, 15) is 9.59 Å². The van der Waals surface area contributed by atoms with Crippen molar-refractivity contribution in [2.24, 2.45) is 4.99 Å². The Morgan fingerprint density at radius 3 is 2.07 bits per heavy atom. The first kappa shape index (κ1) is 27.7. The molecule has 0 aliphatic heterocycles. The van der Waals surface area contributed by atoms with Gasteiger partial charge in [0, 0.05) is 6.54 Å². The molecule has 0 aliphatic rings. The molecule has 0 aromatic rings. The van der Waals surface area contributed by atoms with Crippen molar-refractivity contribution in [3.05, 3.63) is 0 Å². The van der Waals surface area contributed by atoms with Gasteiger partial charge in [0.05, 0.1) is 6.61 Å². The van der Waals surface area contributed by atoms with Gasteiger partial charge in [-0.25, -0.2) is 9.59 Å². The zero-order valence-corrected chi connectivity index (χ0v) is 18.6. The number of carbonyl (C=O) groups is 2. The topological polar surface area (TPSA) is 98.3 Å². The Hall–Kier alpha value is -1.54. The van der Waals surface area contributed by atoms with E-state index in [4.69, 9.17) is 14.3 Å². The van der Waals surface area contributed by atoms with Crippen LogP contribution in [-0.2, 0) is 19.1 Å². The van der Waals surface area contributed by atoms with Crippen LogP contribution >= 0.6 is 12.4 Å². The molecule has 1 amide bonds. The lowest BCUT2D eigenvalue weighted by Gasteiger charge is -2.26. The average Bonchev–Trinajstić information content (AvgIpc) is 2.44. The number of hydrogen-bond acceptors (Lipinski definition) is 6. The van der Waals surface area contributed by atoms with Crippen molar-refractivity contribution in [2.45, 2.75) is 85.5 Å². The summed E-state index contributed by atoms with van der Waals surface area (Å²) < 4.78 is 10.6. The van der Waals surface area contributed by atoms with Gasteiger partial charge in [0.1, 0.15) is 23.1 Å². The van der Waals surface area contributed by atoms with Gasteiger partial charge in [-0.15, -0.1) is 12.4 Å². The van der Waals surface area contributed by atoms with Crippen molar-refractivity contribution in [1.29, 1.82) is 0 Å². The molecule has 0 bridgehead atoms. The number of nitrogens with zero attached hydrogens (tertiary/aromatic N) is 1. The lowest BCUT2D eigenvalue weighted by molar-refractivity contribution is -0.157. The molecule has 0 radical (unpaired) electrons. The zero-order valence-electron chi connectivity index (χ0n) is 17.8. The van der Waals surface area contributed by atoms with Crippen molar-refractivity contribution >= 4 is 30.3 Å². The van der Waals surface area contributed by atoms with Gasteiger partial charge in [-0.2, -0.15) is 0 Å². The third kappa shape index (κ3) is 16.4. The molecule has 27 heavy (non-hydrogen) atoms. The number of esters is 1. The predicted molar refractivity (Wildman–Crippen MR) is 108 cm³/mol. The molecule has 0 aromatic carbocycles. The molecule has 8 nitrogen and oxygen atoms in total. The van der Waals surface area contributed by atoms with E-state index < -0.39 is 29.3 Å². The second kappa shape index (κ2) is 12.8. The Morgan fingerprint density at radius 2 is 1.59 bits per heavy atom. The first-order valence-corrected chi connectivity index (χ1v) is 8.95. The van der Waals surface area contributed by atoms with Gasteiger partial charge in [0.2, 0.25) is 0 Å². The van der Waals surface area contributed by atoms with E-state index in [2.05, 4.69) is 15.8 Å². The third-order valence-electron chi connectivity index (χ3n) is 2.75. The highest BCUT2D eigenvalue weighted by atomic mass is 35.5. The summed E-state index contributed by atoms with van der Waals surface area (Å²) in [5, 5.41) is 2.59. The Balaban J connectivity index is 0. The molecule has 0 spiro atoms. The largest absolute Gasteiger partial charge is 0.458 e. The van der Waals surface area contributed by atoms with Gasteiger partial charge in [0.25, 0.3) is 0 Å². The maximum absolute atomic E-state index is 12.4. The Morgan fingerprint density at radius 1 is 1.04 bits per heavy atom. The second-order valence-corrected chi connectivity index (χ2v) is 7.88. The van der Waals surface area contributed by atoms with Crippen LogP contribution in [0.15, 0.2) is 4.99 Å². The van der Waals surface area contributed by atoms with Crippen LogP contribution in [-0.4, -0.2) is 48.3 Å². The maximum Gasteiger partial charge on any atom is 0.408 e. The van der Waals surface area contributed by atoms with Gasteiger partial charge in [-0.3, -0.25) is 15.3 Å². The minimum absolute atomic E-state index is 0. The highest BCUT2D eigenvalue weighted by Gasteiger charge is 2.28. The molecule has 0 saturated carbocycles. The van der Waals surface area contributed by atoms with Gasteiger partial charge < -0.3 is 14.8 Å². The van der Waals surface area contributed by atoms with Crippen LogP contribution in [0.25, 0.3) is 0 Å². The molecule has 160 valence electrons. The summed E-state index contributed by atoms with van der Waals surface area (Å²) in [5.74, 6) is 0.164. The Kier molecular flexibility index (Phi) is 13.1. The lowest BCUT2D eigenvalue weighted by Crippen LogP contribution is -2.46. The van der Waals surface area contributed by atoms with Gasteiger partial charge >= 0.3 is 12.1 Å². The summed E-state index contributed by atoms with van der Waals surface area (Å²) in [7, 11) is 0. The number of ether oxygens (including phenoxy) is 2. The molecule has 0 saturated heterocycles. The van der Waals surface area contributed by atoms with E-state index >= 15 is 0 Å². The number of amidine groups is 1. The summed E-state index contributed by atoms with van der Waals surface area (Å²) in [6, 6.07) is -0.792. The van der Waals surface area contributed by atoms with E-state index in [0.717, 1.165) is 0 Å². The van der Waals surface area contributed by atoms with Crippen LogP contribution in [0.1, 0.15) is 68.2 Å². The first-order chi connectivity index (χ1) is 11.8. The number of nitrogens with one attached hydrogen (secondary N) is 2. The van der Waals surface area contributed by atoms with Gasteiger partial charge in [-0.05, 0) is 68.2 Å². The standard InChI is InChI=1S/C18H35N3O5.ClH/c1-9-24-21-13(2)19-12-10-11-14(15(22)25-17(3,4)5)20-16(23)26-18(6,7)8;/h14H,9-12H2,1-8H3,(H,19,21)(H,20,23);1H/t14-;/m0./s1. The molecular weight excluding hydrogens is 374 g/mol. The van der Waals surface area contributed by atoms with Crippen LogP contribution < -0.4 is 10.8 Å². The quantitative estimate of drug-likeness (QED) is 0.209. The van der Waals surface area contributed by atoms with Crippen molar-refractivity contribution < 1.29 is 23.9 Å². The average molecular weight is 410 g/mol. The molecule has 0 aromatic heterocycles. The molecule has 0 rings (SSSR count). The third-order valence-corrected chi connectivity index (χ3v) is 2.75. The number of hydrogen-bond donors (Lipinski definition) is 2. The van der Waals surface area contributed by atoms with Crippen LogP contribution in [0.3, 0.4) is 0 Å². The zero-order chi connectivity index (χ0) is 20.4. The molecule has 0 heterocycles.